The summed E-state index contributed by atoms with van der Waals surface area (Å²) in [5.74, 6) is 0. The van der Waals surface area contributed by atoms with Gasteiger partial charge in [-0.25, -0.2) is 0 Å². The van der Waals surface area contributed by atoms with Gasteiger partial charge in [0.05, 0.1) is 17.1 Å². The number of hydrogen-bond donors (Lipinski definition) is 0. The zero-order valence-corrected chi connectivity index (χ0v) is 25.9. The van der Waals surface area contributed by atoms with E-state index >= 15 is 0 Å². The largest absolute Gasteiger partial charge is 0.454 e. The summed E-state index contributed by atoms with van der Waals surface area (Å²) in [5, 5.41) is 4.76. The normalized spacial score (nSPS) is 15.5. The maximum atomic E-state index is 6.95. The average molecular weight is 572 g/mol. The van der Waals surface area contributed by atoms with Crippen LogP contribution in [0.2, 0.25) is 0 Å². The molecule has 8 rings (SSSR count). The Kier molecular flexibility index (Phi) is 6.00. The van der Waals surface area contributed by atoms with Crippen molar-refractivity contribution in [1.29, 1.82) is 0 Å². The van der Waals surface area contributed by atoms with Crippen molar-refractivity contribution in [2.45, 2.75) is 51.4 Å². The molecule has 2 nitrogen and oxygen atoms in total. The Hall–Kier alpha value is -4.82. The van der Waals surface area contributed by atoms with Gasteiger partial charge in [0.2, 0.25) is 0 Å². The molecule has 0 aliphatic heterocycles. The van der Waals surface area contributed by atoms with Crippen LogP contribution in [0.25, 0.3) is 43.8 Å². The molecule has 44 heavy (non-hydrogen) atoms. The van der Waals surface area contributed by atoms with Crippen LogP contribution < -0.4 is 4.90 Å². The Morgan fingerprint density at radius 3 is 1.93 bits per heavy atom. The monoisotopic (exact) mass is 571 g/mol. The first kappa shape index (κ1) is 26.8. The molecule has 0 saturated carbocycles. The smallest absolute Gasteiger partial charge is 0.159 e. The lowest BCUT2D eigenvalue weighted by Gasteiger charge is -2.41. The van der Waals surface area contributed by atoms with Crippen molar-refractivity contribution >= 4 is 49.8 Å². The van der Waals surface area contributed by atoms with Crippen LogP contribution in [0, 0.1) is 0 Å². The van der Waals surface area contributed by atoms with E-state index < -0.39 is 0 Å². The number of anilines is 3. The molecule has 0 fully saturated rings. The second-order valence-electron chi connectivity index (χ2n) is 13.6. The molecular formula is C42H37NO. The molecule has 6 aromatic carbocycles. The quantitative estimate of drug-likeness (QED) is 0.209. The Labute approximate surface area is 259 Å². The molecule has 0 radical (unpaired) electrons. The van der Waals surface area contributed by atoms with Crippen LogP contribution in [-0.2, 0) is 10.8 Å². The molecule has 0 bridgehead atoms. The van der Waals surface area contributed by atoms with E-state index in [4.69, 9.17) is 4.42 Å². The maximum Gasteiger partial charge on any atom is 0.159 e. The van der Waals surface area contributed by atoms with Crippen molar-refractivity contribution in [3.63, 3.8) is 0 Å². The Balaban J connectivity index is 1.45. The zero-order chi connectivity index (χ0) is 30.1. The fraction of sp³-hybridized carbons (Fsp3) is 0.190. The molecule has 7 aromatic rings. The van der Waals surface area contributed by atoms with E-state index in [1.807, 2.05) is 0 Å². The number of furan rings is 1. The molecule has 1 aromatic heterocycles. The van der Waals surface area contributed by atoms with E-state index in [-0.39, 0.29) is 10.8 Å². The van der Waals surface area contributed by atoms with Crippen LogP contribution in [-0.4, -0.2) is 0 Å². The van der Waals surface area contributed by atoms with Crippen LogP contribution in [0.4, 0.5) is 17.1 Å². The lowest BCUT2D eigenvalue weighted by atomic mass is 9.63. The molecular weight excluding hydrogens is 534 g/mol. The van der Waals surface area contributed by atoms with Gasteiger partial charge in [-0.3, -0.25) is 0 Å². The first-order valence-corrected chi connectivity index (χ1v) is 15.7. The average Bonchev–Trinajstić information content (AvgIpc) is 3.42. The highest BCUT2D eigenvalue weighted by atomic mass is 16.3. The molecule has 0 amide bonds. The highest BCUT2D eigenvalue weighted by Gasteiger charge is 2.38. The van der Waals surface area contributed by atoms with Crippen molar-refractivity contribution in [2.24, 2.45) is 0 Å². The van der Waals surface area contributed by atoms with Gasteiger partial charge < -0.3 is 9.32 Å². The highest BCUT2D eigenvalue weighted by Crippen LogP contribution is 2.50. The molecule has 1 aliphatic rings. The summed E-state index contributed by atoms with van der Waals surface area (Å²) in [6, 6.07) is 46.0. The summed E-state index contributed by atoms with van der Waals surface area (Å²) in [4.78, 5) is 2.41. The Morgan fingerprint density at radius 2 is 1.11 bits per heavy atom. The first-order valence-electron chi connectivity index (χ1n) is 15.7. The van der Waals surface area contributed by atoms with Gasteiger partial charge in [0.15, 0.2) is 5.58 Å². The number of hydrogen-bond acceptors (Lipinski definition) is 2. The molecule has 0 unspecified atom stereocenters. The van der Waals surface area contributed by atoms with E-state index in [0.717, 1.165) is 33.6 Å². The Bertz CT molecular complexity index is 2180. The summed E-state index contributed by atoms with van der Waals surface area (Å²) in [5.41, 5.74) is 10.6. The van der Waals surface area contributed by atoms with Gasteiger partial charge in [0.25, 0.3) is 0 Å². The van der Waals surface area contributed by atoms with Crippen LogP contribution in [0.1, 0.15) is 51.7 Å². The summed E-state index contributed by atoms with van der Waals surface area (Å²) in [6.45, 7) is 9.54. The van der Waals surface area contributed by atoms with Crippen LogP contribution in [0.5, 0.6) is 0 Å². The first-order chi connectivity index (χ1) is 21.3. The summed E-state index contributed by atoms with van der Waals surface area (Å²) >= 11 is 0. The maximum absolute atomic E-state index is 6.95. The van der Waals surface area contributed by atoms with Gasteiger partial charge in [0.1, 0.15) is 5.58 Å². The van der Waals surface area contributed by atoms with Gasteiger partial charge in [0, 0.05) is 21.7 Å². The fourth-order valence-corrected chi connectivity index (χ4v) is 7.34. The van der Waals surface area contributed by atoms with E-state index in [2.05, 4.69) is 160 Å². The lowest BCUT2D eigenvalue weighted by molar-refractivity contribution is 0.332. The predicted molar refractivity (Wildman–Crippen MR) is 187 cm³/mol. The fourth-order valence-electron chi connectivity index (χ4n) is 7.34. The van der Waals surface area contributed by atoms with E-state index in [1.54, 1.807) is 0 Å². The minimum atomic E-state index is 0.116. The standard InChI is InChI=1S/C42H37NO/c1-41(2)24-25-42(3,4)35-27-39-33(26-34(35)41)32-20-13-23-38(40(32)44-39)43(37-22-12-17-29-16-8-9-18-31(29)37)36-21-11-10-19-30(36)28-14-6-5-7-15-28/h5-23,26-27H,24-25H2,1-4H3. The highest BCUT2D eigenvalue weighted by molar-refractivity contribution is 6.12. The Morgan fingerprint density at radius 1 is 0.523 bits per heavy atom. The topological polar surface area (TPSA) is 16.4 Å². The van der Waals surface area contributed by atoms with Crippen molar-refractivity contribution in [2.75, 3.05) is 4.90 Å². The lowest BCUT2D eigenvalue weighted by Crippen LogP contribution is -2.33. The molecule has 1 heterocycles. The predicted octanol–water partition coefficient (Wildman–Crippen LogP) is 12.2. The van der Waals surface area contributed by atoms with Gasteiger partial charge in [-0.05, 0) is 76.1 Å². The molecule has 0 atom stereocenters. The number of benzene rings is 6. The van der Waals surface area contributed by atoms with Crippen molar-refractivity contribution in [1.82, 2.24) is 0 Å². The summed E-state index contributed by atoms with van der Waals surface area (Å²) < 4.78 is 6.95. The minimum absolute atomic E-state index is 0.116. The summed E-state index contributed by atoms with van der Waals surface area (Å²) in [6.07, 6.45) is 2.36. The number of para-hydroxylation sites is 2. The van der Waals surface area contributed by atoms with E-state index in [1.165, 1.54) is 51.3 Å². The third-order valence-corrected chi connectivity index (χ3v) is 9.93. The van der Waals surface area contributed by atoms with E-state index in [0.29, 0.717) is 0 Å². The second-order valence-corrected chi connectivity index (χ2v) is 13.6. The van der Waals surface area contributed by atoms with Crippen molar-refractivity contribution in [3.8, 4) is 11.1 Å². The SMILES string of the molecule is CC1(C)CCC(C)(C)c2cc3c(cc21)oc1c(N(c2ccccc2-c2ccccc2)c2cccc4ccccc24)cccc13. The third kappa shape index (κ3) is 4.16. The molecule has 216 valence electrons. The van der Waals surface area contributed by atoms with Crippen molar-refractivity contribution < 1.29 is 4.42 Å². The number of rotatable bonds is 4. The zero-order valence-electron chi connectivity index (χ0n) is 25.9. The summed E-state index contributed by atoms with van der Waals surface area (Å²) in [7, 11) is 0. The van der Waals surface area contributed by atoms with Gasteiger partial charge >= 0.3 is 0 Å². The van der Waals surface area contributed by atoms with Gasteiger partial charge in [-0.15, -0.1) is 0 Å². The molecule has 1 aliphatic carbocycles. The molecule has 0 spiro atoms. The second kappa shape index (κ2) is 9.86. The molecule has 2 heteroatoms. The number of fused-ring (bicyclic) bond motifs is 5. The van der Waals surface area contributed by atoms with Crippen LogP contribution in [0.15, 0.2) is 132 Å². The molecule has 0 N–H and O–H groups in total. The van der Waals surface area contributed by atoms with Crippen LogP contribution >= 0.6 is 0 Å². The molecule has 0 saturated heterocycles. The third-order valence-electron chi connectivity index (χ3n) is 9.93. The van der Waals surface area contributed by atoms with Crippen molar-refractivity contribution in [3.05, 3.63) is 139 Å². The van der Waals surface area contributed by atoms with Crippen LogP contribution in [0.3, 0.4) is 0 Å². The number of nitrogens with zero attached hydrogens (tertiary/aromatic N) is 1. The van der Waals surface area contributed by atoms with Gasteiger partial charge in [-0.1, -0.05) is 125 Å². The van der Waals surface area contributed by atoms with E-state index in [9.17, 15) is 0 Å². The minimum Gasteiger partial charge on any atom is -0.454 e. The van der Waals surface area contributed by atoms with Gasteiger partial charge in [-0.2, -0.15) is 0 Å².